The van der Waals surface area contributed by atoms with E-state index in [1.165, 1.54) is 0 Å². The van der Waals surface area contributed by atoms with E-state index in [4.69, 9.17) is 0 Å². The SMILES string of the molecule is CC1C(=O)CCN(c2cccc3cc(Br)cnc23)C1C. The molecule has 3 rings (SSSR count). The molecule has 4 heteroatoms. The number of hydrogen-bond acceptors (Lipinski definition) is 3. The number of para-hydroxylation sites is 1. The third-order valence-electron chi connectivity index (χ3n) is 4.29. The van der Waals surface area contributed by atoms with Crippen molar-refractivity contribution in [1.29, 1.82) is 0 Å². The minimum atomic E-state index is 0.0782. The van der Waals surface area contributed by atoms with Crippen LogP contribution in [0.2, 0.25) is 0 Å². The molecule has 0 radical (unpaired) electrons. The summed E-state index contributed by atoms with van der Waals surface area (Å²) < 4.78 is 0.984. The van der Waals surface area contributed by atoms with Gasteiger partial charge >= 0.3 is 0 Å². The third-order valence-corrected chi connectivity index (χ3v) is 4.72. The highest BCUT2D eigenvalue weighted by molar-refractivity contribution is 9.10. The van der Waals surface area contributed by atoms with Gasteiger partial charge in [-0.3, -0.25) is 9.78 Å². The van der Waals surface area contributed by atoms with Gasteiger partial charge < -0.3 is 4.90 Å². The van der Waals surface area contributed by atoms with Crippen molar-refractivity contribution in [3.05, 3.63) is 34.9 Å². The summed E-state index contributed by atoms with van der Waals surface area (Å²) in [6.07, 6.45) is 2.45. The molecule has 0 aliphatic carbocycles. The first-order valence-corrected chi connectivity index (χ1v) is 7.71. The molecule has 2 aromatic rings. The Morgan fingerprint density at radius 2 is 2.15 bits per heavy atom. The lowest BCUT2D eigenvalue weighted by molar-refractivity contribution is -0.123. The van der Waals surface area contributed by atoms with Crippen molar-refractivity contribution < 1.29 is 4.79 Å². The molecular formula is C16H17BrN2O. The van der Waals surface area contributed by atoms with E-state index in [0.29, 0.717) is 12.2 Å². The summed E-state index contributed by atoms with van der Waals surface area (Å²) in [7, 11) is 0. The van der Waals surface area contributed by atoms with Crippen LogP contribution in [0.5, 0.6) is 0 Å². The topological polar surface area (TPSA) is 33.2 Å². The summed E-state index contributed by atoms with van der Waals surface area (Å²) in [6, 6.07) is 8.52. The van der Waals surface area contributed by atoms with Gasteiger partial charge in [0.05, 0.1) is 11.2 Å². The lowest BCUT2D eigenvalue weighted by Crippen LogP contribution is -2.47. The molecule has 1 aromatic carbocycles. The Morgan fingerprint density at radius 3 is 2.95 bits per heavy atom. The molecule has 0 spiro atoms. The average molecular weight is 333 g/mol. The Balaban J connectivity index is 2.08. The second-order valence-corrected chi connectivity index (χ2v) is 6.36. The number of carbonyl (C=O) groups is 1. The van der Waals surface area contributed by atoms with Crippen molar-refractivity contribution in [3.8, 4) is 0 Å². The Morgan fingerprint density at radius 1 is 1.35 bits per heavy atom. The number of ketones is 1. The summed E-state index contributed by atoms with van der Waals surface area (Å²) in [5.41, 5.74) is 2.13. The summed E-state index contributed by atoms with van der Waals surface area (Å²) in [5, 5.41) is 1.12. The zero-order chi connectivity index (χ0) is 14.3. The van der Waals surface area contributed by atoms with Gasteiger partial charge in [0, 0.05) is 41.0 Å². The molecule has 1 aliphatic heterocycles. The van der Waals surface area contributed by atoms with Crippen LogP contribution in [0.25, 0.3) is 10.9 Å². The van der Waals surface area contributed by atoms with Gasteiger partial charge in [-0.1, -0.05) is 19.1 Å². The van der Waals surface area contributed by atoms with Crippen molar-refractivity contribution in [2.75, 3.05) is 11.4 Å². The molecule has 0 N–H and O–H groups in total. The van der Waals surface area contributed by atoms with E-state index in [0.717, 1.165) is 27.6 Å². The van der Waals surface area contributed by atoms with Crippen LogP contribution in [0.15, 0.2) is 34.9 Å². The van der Waals surface area contributed by atoms with Crippen LogP contribution in [-0.4, -0.2) is 23.4 Å². The smallest absolute Gasteiger partial charge is 0.139 e. The minimum Gasteiger partial charge on any atom is -0.366 e. The molecule has 0 saturated carbocycles. The van der Waals surface area contributed by atoms with Crippen molar-refractivity contribution in [2.45, 2.75) is 26.3 Å². The lowest BCUT2D eigenvalue weighted by Gasteiger charge is -2.39. The van der Waals surface area contributed by atoms with Crippen molar-refractivity contribution >= 4 is 38.3 Å². The molecule has 2 atom stereocenters. The van der Waals surface area contributed by atoms with Crippen molar-refractivity contribution in [2.24, 2.45) is 5.92 Å². The van der Waals surface area contributed by atoms with Gasteiger partial charge in [0.2, 0.25) is 0 Å². The Bertz CT molecular complexity index is 671. The molecular weight excluding hydrogens is 316 g/mol. The number of pyridine rings is 1. The number of nitrogens with zero attached hydrogens (tertiary/aromatic N) is 2. The molecule has 20 heavy (non-hydrogen) atoms. The van der Waals surface area contributed by atoms with E-state index in [1.54, 1.807) is 0 Å². The molecule has 3 nitrogen and oxygen atoms in total. The fraction of sp³-hybridized carbons (Fsp3) is 0.375. The van der Waals surface area contributed by atoms with Crippen LogP contribution in [0, 0.1) is 5.92 Å². The van der Waals surface area contributed by atoms with Crippen LogP contribution in [0.1, 0.15) is 20.3 Å². The molecule has 0 bridgehead atoms. The van der Waals surface area contributed by atoms with Crippen LogP contribution in [0.3, 0.4) is 0 Å². The van der Waals surface area contributed by atoms with Gasteiger partial charge in [-0.05, 0) is 35.0 Å². The highest BCUT2D eigenvalue weighted by Gasteiger charge is 2.31. The summed E-state index contributed by atoms with van der Waals surface area (Å²) >= 11 is 3.46. The average Bonchev–Trinajstić information content (AvgIpc) is 2.44. The minimum absolute atomic E-state index is 0.0782. The second kappa shape index (κ2) is 5.17. The predicted octanol–water partition coefficient (Wildman–Crippen LogP) is 3.80. The third kappa shape index (κ3) is 2.22. The predicted molar refractivity (Wildman–Crippen MR) is 85.0 cm³/mol. The van der Waals surface area contributed by atoms with E-state index >= 15 is 0 Å². The number of benzene rings is 1. The first kappa shape index (κ1) is 13.6. The quantitative estimate of drug-likeness (QED) is 0.796. The van der Waals surface area contributed by atoms with E-state index < -0.39 is 0 Å². The number of rotatable bonds is 1. The second-order valence-electron chi connectivity index (χ2n) is 5.44. The number of anilines is 1. The standard InChI is InChI=1S/C16H17BrN2O/c1-10-11(2)19(7-6-15(10)20)14-5-3-4-12-8-13(17)9-18-16(12)14/h3-5,8-11H,6-7H2,1-2H3. The van der Waals surface area contributed by atoms with E-state index in [9.17, 15) is 4.79 Å². The first-order chi connectivity index (χ1) is 9.58. The molecule has 104 valence electrons. The van der Waals surface area contributed by atoms with Crippen LogP contribution >= 0.6 is 15.9 Å². The number of hydrogen-bond donors (Lipinski definition) is 0. The van der Waals surface area contributed by atoms with Crippen LogP contribution < -0.4 is 4.90 Å². The fourth-order valence-electron chi connectivity index (χ4n) is 2.89. The highest BCUT2D eigenvalue weighted by Crippen LogP contribution is 2.32. The van der Waals surface area contributed by atoms with Crippen LogP contribution in [0.4, 0.5) is 5.69 Å². The first-order valence-electron chi connectivity index (χ1n) is 6.91. The van der Waals surface area contributed by atoms with E-state index in [2.05, 4.69) is 57.0 Å². The lowest BCUT2D eigenvalue weighted by atomic mass is 9.90. The van der Waals surface area contributed by atoms with Crippen molar-refractivity contribution in [1.82, 2.24) is 4.98 Å². The maximum Gasteiger partial charge on any atom is 0.139 e. The number of aromatic nitrogens is 1. The summed E-state index contributed by atoms with van der Waals surface area (Å²) in [5.74, 6) is 0.444. The van der Waals surface area contributed by atoms with Crippen molar-refractivity contribution in [3.63, 3.8) is 0 Å². The zero-order valence-electron chi connectivity index (χ0n) is 11.6. The van der Waals surface area contributed by atoms with Crippen LogP contribution in [-0.2, 0) is 4.79 Å². The van der Waals surface area contributed by atoms with E-state index in [1.807, 2.05) is 13.1 Å². The molecule has 1 fully saturated rings. The van der Waals surface area contributed by atoms with Gasteiger partial charge in [-0.15, -0.1) is 0 Å². The Kier molecular flexibility index (Phi) is 3.50. The molecule has 2 heterocycles. The summed E-state index contributed by atoms with van der Waals surface area (Å²) in [4.78, 5) is 18.7. The number of carbonyl (C=O) groups excluding carboxylic acids is 1. The number of halogens is 1. The number of piperidine rings is 1. The maximum atomic E-state index is 11.8. The molecule has 1 aromatic heterocycles. The van der Waals surface area contributed by atoms with Gasteiger partial charge in [0.1, 0.15) is 5.78 Å². The molecule has 1 saturated heterocycles. The molecule has 1 aliphatic rings. The summed E-state index contributed by atoms with van der Waals surface area (Å²) in [6.45, 7) is 4.93. The Labute approximate surface area is 127 Å². The van der Waals surface area contributed by atoms with Gasteiger partial charge in [0.25, 0.3) is 0 Å². The normalized spacial score (nSPS) is 23.4. The number of fused-ring (bicyclic) bond motifs is 1. The van der Waals surface area contributed by atoms with E-state index in [-0.39, 0.29) is 12.0 Å². The largest absolute Gasteiger partial charge is 0.366 e. The zero-order valence-corrected chi connectivity index (χ0v) is 13.2. The maximum absolute atomic E-state index is 11.8. The monoisotopic (exact) mass is 332 g/mol. The fourth-order valence-corrected chi connectivity index (χ4v) is 3.24. The van der Waals surface area contributed by atoms with Gasteiger partial charge in [0.15, 0.2) is 0 Å². The molecule has 0 amide bonds. The van der Waals surface area contributed by atoms with Gasteiger partial charge in [-0.2, -0.15) is 0 Å². The molecule has 2 unspecified atom stereocenters. The van der Waals surface area contributed by atoms with Gasteiger partial charge in [-0.25, -0.2) is 0 Å². The number of Topliss-reactive ketones (excluding diaryl/α,β-unsaturated/α-hetero) is 1. The Hall–Kier alpha value is -1.42. The highest BCUT2D eigenvalue weighted by atomic mass is 79.9.